The molecule has 0 aliphatic carbocycles. The highest BCUT2D eigenvalue weighted by Gasteiger charge is 2.25. The van der Waals surface area contributed by atoms with E-state index in [9.17, 15) is 13.6 Å². The van der Waals surface area contributed by atoms with Crippen LogP contribution in [0.1, 0.15) is 22.8 Å². The van der Waals surface area contributed by atoms with Gasteiger partial charge in [-0.15, -0.1) is 0 Å². The first-order chi connectivity index (χ1) is 17.9. The van der Waals surface area contributed by atoms with Crippen molar-refractivity contribution in [3.63, 3.8) is 0 Å². The predicted molar refractivity (Wildman–Crippen MR) is 135 cm³/mol. The van der Waals surface area contributed by atoms with Gasteiger partial charge in [0.25, 0.3) is 0 Å². The minimum atomic E-state index is -0.686. The molecule has 0 unspecified atom stereocenters. The van der Waals surface area contributed by atoms with Crippen molar-refractivity contribution in [1.82, 2.24) is 9.80 Å². The summed E-state index contributed by atoms with van der Waals surface area (Å²) in [6, 6.07) is 19.6. The molecule has 1 aliphatic heterocycles. The van der Waals surface area contributed by atoms with E-state index < -0.39 is 17.7 Å². The van der Waals surface area contributed by atoms with Crippen LogP contribution in [-0.2, 0) is 11.3 Å². The second-order valence-corrected chi connectivity index (χ2v) is 8.73. The molecular weight excluding hydrogens is 478 g/mol. The van der Waals surface area contributed by atoms with Gasteiger partial charge in [-0.25, -0.2) is 13.6 Å². The smallest absolute Gasteiger partial charge is 0.322 e. The number of rotatable bonds is 8. The van der Waals surface area contributed by atoms with Crippen LogP contribution in [0, 0.1) is 23.0 Å². The Morgan fingerprint density at radius 2 is 1.81 bits per heavy atom. The Bertz CT molecular complexity index is 1260. The third kappa shape index (κ3) is 7.03. The van der Waals surface area contributed by atoms with Gasteiger partial charge in [-0.1, -0.05) is 24.3 Å². The number of hydrogen-bond donors (Lipinski definition) is 1. The van der Waals surface area contributed by atoms with Gasteiger partial charge in [-0.2, -0.15) is 5.26 Å². The van der Waals surface area contributed by atoms with Gasteiger partial charge in [0.1, 0.15) is 17.4 Å². The standard InChI is InChI=1S/C28H28F2N4O3/c1-36-24-4-2-3-22(15-24)27(37-19-21-7-5-20(17-31)6-8-21)18-33-11-13-34(14-12-33)28(35)32-26-16-23(29)9-10-25(26)30/h2-10,15-16,27H,11-14,18-19H2,1H3,(H,32,35)/t27-/m0/s1. The second kappa shape index (κ2) is 12.3. The third-order valence-corrected chi connectivity index (χ3v) is 6.25. The molecule has 1 fully saturated rings. The molecule has 1 saturated heterocycles. The van der Waals surface area contributed by atoms with Gasteiger partial charge in [0.15, 0.2) is 0 Å². The van der Waals surface area contributed by atoms with Gasteiger partial charge in [-0.05, 0) is 47.5 Å². The molecule has 0 bridgehead atoms. The van der Waals surface area contributed by atoms with Crippen molar-refractivity contribution in [2.24, 2.45) is 0 Å². The molecule has 0 radical (unpaired) electrons. The summed E-state index contributed by atoms with van der Waals surface area (Å²) in [7, 11) is 1.62. The average Bonchev–Trinajstić information content (AvgIpc) is 2.93. The topological polar surface area (TPSA) is 77.8 Å². The fraction of sp³-hybridized carbons (Fsp3) is 0.286. The highest BCUT2D eigenvalue weighted by Crippen LogP contribution is 2.25. The van der Waals surface area contributed by atoms with Crippen LogP contribution in [-0.4, -0.2) is 55.7 Å². The number of nitrogens with zero attached hydrogens (tertiary/aromatic N) is 3. The molecule has 0 saturated carbocycles. The molecule has 1 heterocycles. The maximum Gasteiger partial charge on any atom is 0.322 e. The first-order valence-electron chi connectivity index (χ1n) is 11.9. The van der Waals surface area contributed by atoms with Crippen LogP contribution in [0.2, 0.25) is 0 Å². The van der Waals surface area contributed by atoms with Crippen LogP contribution in [0.3, 0.4) is 0 Å². The minimum Gasteiger partial charge on any atom is -0.497 e. The number of urea groups is 1. The highest BCUT2D eigenvalue weighted by atomic mass is 19.1. The number of ether oxygens (including phenoxy) is 2. The Balaban J connectivity index is 1.38. The zero-order valence-electron chi connectivity index (χ0n) is 20.5. The molecule has 9 heteroatoms. The van der Waals surface area contributed by atoms with E-state index in [0.717, 1.165) is 35.1 Å². The Hall–Kier alpha value is -4.00. The van der Waals surface area contributed by atoms with Crippen LogP contribution >= 0.6 is 0 Å². The molecule has 1 aliphatic rings. The maximum atomic E-state index is 13.9. The van der Waals surface area contributed by atoms with E-state index in [2.05, 4.69) is 16.3 Å². The summed E-state index contributed by atoms with van der Waals surface area (Å²) in [5.41, 5.74) is 2.34. The summed E-state index contributed by atoms with van der Waals surface area (Å²) in [6.45, 7) is 3.03. The van der Waals surface area contributed by atoms with Crippen molar-refractivity contribution in [3.8, 4) is 11.8 Å². The van der Waals surface area contributed by atoms with Crippen molar-refractivity contribution >= 4 is 11.7 Å². The SMILES string of the molecule is COc1cccc([C@H](CN2CCN(C(=O)Nc3cc(F)ccc3F)CC2)OCc2ccc(C#N)cc2)c1. The fourth-order valence-corrected chi connectivity index (χ4v) is 4.12. The number of nitriles is 1. The second-order valence-electron chi connectivity index (χ2n) is 8.73. The van der Waals surface area contributed by atoms with Crippen LogP contribution in [0.4, 0.5) is 19.3 Å². The van der Waals surface area contributed by atoms with Crippen LogP contribution in [0.5, 0.6) is 5.75 Å². The maximum absolute atomic E-state index is 13.9. The predicted octanol–water partition coefficient (Wildman–Crippen LogP) is 4.95. The molecule has 1 atom stereocenters. The Labute approximate surface area is 214 Å². The van der Waals surface area contributed by atoms with Crippen molar-refractivity contribution in [2.45, 2.75) is 12.7 Å². The van der Waals surface area contributed by atoms with Gasteiger partial charge in [-0.3, -0.25) is 4.90 Å². The monoisotopic (exact) mass is 506 g/mol. The number of anilines is 1. The molecule has 4 rings (SSSR count). The van der Waals surface area contributed by atoms with E-state index in [-0.39, 0.29) is 11.8 Å². The molecule has 192 valence electrons. The average molecular weight is 507 g/mol. The molecule has 3 aromatic carbocycles. The quantitative estimate of drug-likeness (QED) is 0.468. The van der Waals surface area contributed by atoms with E-state index in [1.807, 2.05) is 36.4 Å². The summed E-state index contributed by atoms with van der Waals surface area (Å²) in [6.07, 6.45) is -0.257. The first kappa shape index (κ1) is 26.1. The zero-order chi connectivity index (χ0) is 26.2. The lowest BCUT2D eigenvalue weighted by atomic mass is 10.1. The molecule has 1 N–H and O–H groups in total. The number of hydrogen-bond acceptors (Lipinski definition) is 5. The summed E-state index contributed by atoms with van der Waals surface area (Å²) < 4.78 is 39.0. The minimum absolute atomic E-state index is 0.179. The fourth-order valence-electron chi connectivity index (χ4n) is 4.12. The molecule has 0 spiro atoms. The molecule has 0 aromatic heterocycles. The van der Waals surface area contributed by atoms with Crippen LogP contribution in [0.15, 0.2) is 66.7 Å². The van der Waals surface area contributed by atoms with Crippen molar-refractivity contribution in [3.05, 3.63) is 95.1 Å². The number of carbonyl (C=O) groups is 1. The van der Waals surface area contributed by atoms with E-state index in [4.69, 9.17) is 14.7 Å². The van der Waals surface area contributed by atoms with Crippen molar-refractivity contribution < 1.29 is 23.0 Å². The number of halogens is 2. The number of benzene rings is 3. The summed E-state index contributed by atoms with van der Waals surface area (Å²) >= 11 is 0. The van der Waals surface area contributed by atoms with E-state index >= 15 is 0 Å². The Morgan fingerprint density at radius 1 is 1.05 bits per heavy atom. The Morgan fingerprint density at radius 3 is 2.51 bits per heavy atom. The van der Waals surface area contributed by atoms with Gasteiger partial charge in [0, 0.05) is 38.8 Å². The van der Waals surface area contributed by atoms with Crippen molar-refractivity contribution in [2.75, 3.05) is 45.2 Å². The van der Waals surface area contributed by atoms with E-state index in [1.165, 1.54) is 0 Å². The number of nitrogens with one attached hydrogen (secondary N) is 1. The van der Waals surface area contributed by atoms with Crippen LogP contribution in [0.25, 0.3) is 0 Å². The lowest BCUT2D eigenvalue weighted by Gasteiger charge is -2.36. The van der Waals surface area contributed by atoms with Gasteiger partial charge >= 0.3 is 6.03 Å². The Kier molecular flexibility index (Phi) is 8.67. The van der Waals surface area contributed by atoms with Gasteiger partial charge in [0.05, 0.1) is 37.1 Å². The van der Waals surface area contributed by atoms with E-state index in [0.29, 0.717) is 44.9 Å². The molecule has 2 amide bonds. The summed E-state index contributed by atoms with van der Waals surface area (Å²) in [5, 5.41) is 11.5. The largest absolute Gasteiger partial charge is 0.497 e. The lowest BCUT2D eigenvalue weighted by molar-refractivity contribution is 0.00584. The number of amides is 2. The normalized spacial score (nSPS) is 14.6. The van der Waals surface area contributed by atoms with Crippen LogP contribution < -0.4 is 10.1 Å². The number of methoxy groups -OCH3 is 1. The number of piperazine rings is 1. The third-order valence-electron chi connectivity index (χ3n) is 6.25. The first-order valence-corrected chi connectivity index (χ1v) is 11.9. The van der Waals surface area contributed by atoms with Crippen molar-refractivity contribution in [1.29, 1.82) is 5.26 Å². The zero-order valence-corrected chi connectivity index (χ0v) is 20.5. The summed E-state index contributed by atoms with van der Waals surface area (Å²) in [4.78, 5) is 16.4. The highest BCUT2D eigenvalue weighted by molar-refractivity contribution is 5.89. The number of carbonyl (C=O) groups excluding carboxylic acids is 1. The molecule has 3 aromatic rings. The molecule has 7 nitrogen and oxygen atoms in total. The lowest BCUT2D eigenvalue weighted by Crippen LogP contribution is -2.50. The molecule has 37 heavy (non-hydrogen) atoms. The molecular formula is C28H28F2N4O3. The van der Waals surface area contributed by atoms with Gasteiger partial charge in [0.2, 0.25) is 0 Å². The van der Waals surface area contributed by atoms with E-state index in [1.54, 1.807) is 24.1 Å². The van der Waals surface area contributed by atoms with Gasteiger partial charge < -0.3 is 19.7 Å². The summed E-state index contributed by atoms with van der Waals surface area (Å²) in [5.74, 6) is -0.574.